The van der Waals surface area contributed by atoms with Gasteiger partial charge in [-0.3, -0.25) is 38.5 Å². The molecule has 1 fully saturated rings. The molecule has 3 N–H and O–H groups in total. The van der Waals surface area contributed by atoms with Crippen LogP contribution in [0.15, 0.2) is 42.5 Å². The van der Waals surface area contributed by atoms with Gasteiger partial charge >= 0.3 is 0 Å². The van der Waals surface area contributed by atoms with Crippen molar-refractivity contribution in [1.82, 2.24) is 30.2 Å². The number of carbonyl (C=O) groups excluding carboxylic acids is 7. The van der Waals surface area contributed by atoms with E-state index in [1.165, 1.54) is 31.3 Å². The molecule has 3 rings (SSSR count). The number of hydrogen-bond donors (Lipinski definition) is 3. The molecule has 2 aliphatic heterocycles. The standard InChI is InChI=1S/C57H94N6O16/c1-13-40(4)51(45(72-11)38-49(67)62-24-17-20-44(62)53(73-12)41(5)54(69)58-42(6)52(68)43-18-15-14-16-19-43)60(9)55(70)50(39(2)3)59-56(71)57(7,8)61(10)46(64)23-26-74-28-30-76-32-34-78-36-37-79-35-33-77-31-29-75-27-25-63-47(65)21-22-48(63)66/h14-16,18-19,21-22,39-42,44-45,50-53,68H,13,17,20,23-38H2,1-12H3,(H,58,69)(H,59,71)/t40-,41+,42+,44-,45+,50-,51-,52+,53+/m0/s1. The van der Waals surface area contributed by atoms with Gasteiger partial charge in [-0.1, -0.05) is 71.4 Å². The molecule has 448 valence electrons. The summed E-state index contributed by atoms with van der Waals surface area (Å²) < 4.78 is 45.1. The third-order valence-electron chi connectivity index (χ3n) is 14.9. The van der Waals surface area contributed by atoms with Crippen molar-refractivity contribution in [2.45, 2.75) is 136 Å². The van der Waals surface area contributed by atoms with E-state index < -0.39 is 59.8 Å². The first-order chi connectivity index (χ1) is 37.6. The predicted molar refractivity (Wildman–Crippen MR) is 294 cm³/mol. The number of ether oxygens (including phenoxy) is 8. The maximum Gasteiger partial charge on any atom is 0.253 e. The number of likely N-dealkylation sites (tertiary alicyclic amines) is 1. The van der Waals surface area contributed by atoms with Crippen molar-refractivity contribution in [2.75, 3.05) is 121 Å². The Hall–Kier alpha value is -4.91. The molecule has 1 aromatic rings. The van der Waals surface area contributed by atoms with E-state index in [-0.39, 0.29) is 86.5 Å². The SMILES string of the molecule is CC[C@H](C)[C@@H]([C@@H](CC(=O)N1CCC[C@H]1[C@H](OC)[C@@H](C)C(=O)N[C@H](C)[C@@H](O)c1ccccc1)OC)N(C)C(=O)[C@@H](NC(=O)C(C)(C)N(C)C(=O)CCOCCOCCOCCOCCOCCOCCN1C(=O)C=CC1=O)C(C)C. The van der Waals surface area contributed by atoms with E-state index >= 15 is 0 Å². The van der Waals surface area contributed by atoms with Crippen molar-refractivity contribution in [3.05, 3.63) is 48.0 Å². The quantitative estimate of drug-likeness (QED) is 0.0631. The van der Waals surface area contributed by atoms with E-state index in [1.807, 2.05) is 45.9 Å². The molecule has 0 radical (unpaired) electrons. The molecule has 2 aliphatic rings. The van der Waals surface area contributed by atoms with Gasteiger partial charge in [-0.05, 0) is 51.0 Å². The molecule has 0 bridgehead atoms. The van der Waals surface area contributed by atoms with Crippen LogP contribution in [0.25, 0.3) is 0 Å². The molecular formula is C57H94N6O16. The zero-order valence-corrected chi connectivity index (χ0v) is 49.1. The van der Waals surface area contributed by atoms with Crippen molar-refractivity contribution in [3.63, 3.8) is 0 Å². The van der Waals surface area contributed by atoms with E-state index in [0.29, 0.717) is 90.8 Å². The average molecular weight is 1120 g/mol. The van der Waals surface area contributed by atoms with E-state index in [2.05, 4.69) is 10.6 Å². The van der Waals surface area contributed by atoms with Gasteiger partial charge in [0.05, 0.1) is 141 Å². The van der Waals surface area contributed by atoms with Crippen LogP contribution in [0.5, 0.6) is 0 Å². The number of rotatable bonds is 40. The number of aliphatic hydroxyl groups excluding tert-OH is 1. The molecule has 22 nitrogen and oxygen atoms in total. The van der Waals surface area contributed by atoms with Crippen molar-refractivity contribution >= 4 is 41.4 Å². The van der Waals surface area contributed by atoms with Gasteiger partial charge in [-0.25, -0.2) is 0 Å². The van der Waals surface area contributed by atoms with Crippen LogP contribution in [0, 0.1) is 17.8 Å². The summed E-state index contributed by atoms with van der Waals surface area (Å²) in [5.74, 6) is -3.49. The molecule has 0 unspecified atom stereocenters. The first-order valence-electron chi connectivity index (χ1n) is 27.9. The number of nitrogens with one attached hydrogen (secondary N) is 2. The second-order valence-electron chi connectivity index (χ2n) is 21.0. The van der Waals surface area contributed by atoms with Crippen molar-refractivity contribution in [1.29, 1.82) is 0 Å². The molecule has 22 heteroatoms. The summed E-state index contributed by atoms with van der Waals surface area (Å²) in [5, 5.41) is 16.8. The van der Waals surface area contributed by atoms with Crippen LogP contribution >= 0.6 is 0 Å². The highest BCUT2D eigenvalue weighted by Crippen LogP contribution is 2.30. The van der Waals surface area contributed by atoms with Crippen LogP contribution in [-0.2, 0) is 71.5 Å². The largest absolute Gasteiger partial charge is 0.386 e. The Morgan fingerprint density at radius 1 is 0.747 bits per heavy atom. The highest BCUT2D eigenvalue weighted by atomic mass is 16.6. The summed E-state index contributed by atoms with van der Waals surface area (Å²) in [4.78, 5) is 98.8. The lowest BCUT2D eigenvalue weighted by atomic mass is 9.89. The van der Waals surface area contributed by atoms with Gasteiger partial charge in [0.2, 0.25) is 29.5 Å². The Bertz CT molecular complexity index is 2040. The highest BCUT2D eigenvalue weighted by molar-refractivity contribution is 6.12. The second-order valence-corrected chi connectivity index (χ2v) is 21.0. The number of amides is 7. The molecular weight excluding hydrogens is 1020 g/mol. The lowest BCUT2D eigenvalue weighted by Crippen LogP contribution is -2.62. The van der Waals surface area contributed by atoms with E-state index in [0.717, 1.165) is 4.90 Å². The number of nitrogens with zero attached hydrogens (tertiary/aromatic N) is 4. The van der Waals surface area contributed by atoms with E-state index in [1.54, 1.807) is 63.7 Å². The molecule has 9 atom stereocenters. The summed E-state index contributed by atoms with van der Waals surface area (Å²) in [6.45, 7) is 18.9. The van der Waals surface area contributed by atoms with Gasteiger partial charge in [-0.15, -0.1) is 0 Å². The van der Waals surface area contributed by atoms with Gasteiger partial charge in [0.1, 0.15) is 11.6 Å². The molecule has 0 saturated carbocycles. The van der Waals surface area contributed by atoms with Crippen LogP contribution in [-0.4, -0.2) is 229 Å². The van der Waals surface area contributed by atoms with Crippen LogP contribution < -0.4 is 10.6 Å². The number of aliphatic hydroxyl groups is 1. The van der Waals surface area contributed by atoms with Gasteiger partial charge < -0.3 is 68.3 Å². The van der Waals surface area contributed by atoms with Crippen LogP contribution in [0.4, 0.5) is 0 Å². The minimum atomic E-state index is -1.34. The Morgan fingerprint density at radius 3 is 1.76 bits per heavy atom. The summed E-state index contributed by atoms with van der Waals surface area (Å²) in [7, 11) is 6.26. The summed E-state index contributed by atoms with van der Waals surface area (Å²) in [6, 6.07) is 6.60. The molecule has 1 aromatic carbocycles. The fraction of sp³-hybridized carbons (Fsp3) is 0.737. The van der Waals surface area contributed by atoms with Gasteiger partial charge in [0.25, 0.3) is 11.8 Å². The predicted octanol–water partition coefficient (Wildman–Crippen LogP) is 2.94. The minimum Gasteiger partial charge on any atom is -0.386 e. The lowest BCUT2D eigenvalue weighted by molar-refractivity contribution is -0.150. The van der Waals surface area contributed by atoms with E-state index in [9.17, 15) is 38.7 Å². The molecule has 7 amide bonds. The minimum absolute atomic E-state index is 0.0135. The lowest BCUT2D eigenvalue weighted by Gasteiger charge is -2.41. The number of methoxy groups -OCH3 is 2. The number of hydrogen-bond acceptors (Lipinski definition) is 16. The van der Waals surface area contributed by atoms with Crippen molar-refractivity contribution in [2.24, 2.45) is 17.8 Å². The van der Waals surface area contributed by atoms with Crippen molar-refractivity contribution < 1.29 is 76.6 Å². The number of carbonyl (C=O) groups is 7. The molecule has 79 heavy (non-hydrogen) atoms. The number of likely N-dealkylation sites (N-methyl/N-ethyl adjacent to an activating group) is 2. The van der Waals surface area contributed by atoms with Gasteiger partial charge in [-0.2, -0.15) is 0 Å². The summed E-state index contributed by atoms with van der Waals surface area (Å²) in [6.07, 6.45) is 2.18. The average Bonchev–Trinajstić information content (AvgIpc) is 4.06. The normalized spacial score (nSPS) is 17.8. The fourth-order valence-corrected chi connectivity index (χ4v) is 9.53. The Labute approximate surface area is 468 Å². The highest BCUT2D eigenvalue weighted by Gasteiger charge is 2.44. The summed E-state index contributed by atoms with van der Waals surface area (Å²) in [5.41, 5.74) is -0.657. The fourth-order valence-electron chi connectivity index (χ4n) is 9.53. The zero-order chi connectivity index (χ0) is 58.7. The Kier molecular flexibility index (Phi) is 30.9. The molecule has 1 saturated heterocycles. The van der Waals surface area contributed by atoms with Gasteiger partial charge in [0.15, 0.2) is 0 Å². The molecule has 0 aromatic heterocycles. The monoisotopic (exact) mass is 1120 g/mol. The first kappa shape index (κ1) is 68.4. The second kappa shape index (κ2) is 35.7. The summed E-state index contributed by atoms with van der Waals surface area (Å²) >= 11 is 0. The maximum absolute atomic E-state index is 14.6. The molecule has 2 heterocycles. The smallest absolute Gasteiger partial charge is 0.253 e. The van der Waals surface area contributed by atoms with Crippen molar-refractivity contribution in [3.8, 4) is 0 Å². The maximum atomic E-state index is 14.6. The van der Waals surface area contributed by atoms with E-state index in [4.69, 9.17) is 37.9 Å². The number of benzene rings is 1. The van der Waals surface area contributed by atoms with Gasteiger partial charge in [0, 0.05) is 47.0 Å². The Balaban J connectivity index is 1.41. The van der Waals surface area contributed by atoms with Crippen LogP contribution in [0.3, 0.4) is 0 Å². The topological polar surface area (TPSA) is 251 Å². The number of imide groups is 1. The molecule has 0 spiro atoms. The molecule has 0 aliphatic carbocycles. The first-order valence-corrected chi connectivity index (χ1v) is 27.9. The van der Waals surface area contributed by atoms with Crippen LogP contribution in [0.2, 0.25) is 0 Å². The van der Waals surface area contributed by atoms with Crippen LogP contribution in [0.1, 0.15) is 99.2 Å². The third-order valence-corrected chi connectivity index (χ3v) is 14.9. The Morgan fingerprint density at radius 2 is 1.27 bits per heavy atom. The zero-order valence-electron chi connectivity index (χ0n) is 49.1. The third kappa shape index (κ3) is 21.5.